The van der Waals surface area contributed by atoms with Gasteiger partial charge in [0.05, 0.1) is 18.6 Å². The minimum atomic E-state index is -5.30. The number of hydrogen-bond acceptors (Lipinski definition) is 12. The van der Waals surface area contributed by atoms with Gasteiger partial charge >= 0.3 is 36.2 Å². The molecule has 1 saturated heterocycles. The number of carbonyl (C=O) groups is 4. The van der Waals surface area contributed by atoms with E-state index < -0.39 is 113 Å². The standard InChI is InChI=1S/C50H62F6O12/c1-10-38(67-45(60)48(63-9,50(54,55)56)36-22-15-12-16-23-36)33(5)43-39(66-43)28-30(2)18-17-19-31(3)42-32(4)24-25-40(64-34(6)57)46(7,61)27-26-37(29-41(58)68-42)65-44(59)47(62-8,49(51,52)53)35-20-13-11-14-21-35/h11-25,30,32-33,37-40,42-43,61H,10,26-29H2,1-9H3/b18-17+,25-24+,31-19+/t30-,32+,33-,37-,38+,39?,40+,42-,43-,46-,47?,48?/m1/s1. The first-order chi connectivity index (χ1) is 31.8. The number of esters is 4. The van der Waals surface area contributed by atoms with Gasteiger partial charge < -0.3 is 38.3 Å². The third kappa shape index (κ3) is 13.0. The Balaban J connectivity index is 1.51. The maximum absolute atomic E-state index is 14.8. The molecule has 2 aliphatic rings. The normalized spacial score (nSPS) is 27.7. The Morgan fingerprint density at radius 2 is 1.41 bits per heavy atom. The first-order valence-corrected chi connectivity index (χ1v) is 22.3. The fourth-order valence-corrected chi connectivity index (χ4v) is 8.47. The molecular weight excluding hydrogens is 907 g/mol. The summed E-state index contributed by atoms with van der Waals surface area (Å²) in [6, 6.07) is 12.7. The van der Waals surface area contributed by atoms with Crippen molar-refractivity contribution < 1.29 is 83.8 Å². The van der Waals surface area contributed by atoms with Crippen LogP contribution in [0, 0.1) is 17.8 Å². The van der Waals surface area contributed by atoms with Crippen molar-refractivity contribution in [2.45, 2.75) is 146 Å². The van der Waals surface area contributed by atoms with Crippen molar-refractivity contribution in [3.63, 3.8) is 0 Å². The van der Waals surface area contributed by atoms with Gasteiger partial charge in [0.1, 0.15) is 30.0 Å². The topological polar surface area (TPSA) is 156 Å². The smallest absolute Gasteiger partial charge is 0.432 e. The van der Waals surface area contributed by atoms with E-state index in [9.17, 15) is 50.6 Å². The summed E-state index contributed by atoms with van der Waals surface area (Å²) in [6.45, 7) is 11.2. The van der Waals surface area contributed by atoms with Crippen molar-refractivity contribution in [3.8, 4) is 0 Å². The van der Waals surface area contributed by atoms with Gasteiger partial charge in [0.25, 0.3) is 11.2 Å². The first-order valence-electron chi connectivity index (χ1n) is 22.3. The average molecular weight is 969 g/mol. The number of benzene rings is 2. The minimum Gasteiger partial charge on any atom is -0.459 e. The molecule has 376 valence electrons. The van der Waals surface area contributed by atoms with Crippen LogP contribution in [0.4, 0.5) is 26.3 Å². The quantitative estimate of drug-likeness (QED) is 0.0401. The van der Waals surface area contributed by atoms with Crippen LogP contribution in [0.5, 0.6) is 0 Å². The molecule has 1 N–H and O–H groups in total. The molecular formula is C50H62F6O12. The van der Waals surface area contributed by atoms with Gasteiger partial charge in [-0.05, 0) is 57.1 Å². The van der Waals surface area contributed by atoms with Crippen molar-refractivity contribution in [2.24, 2.45) is 17.8 Å². The second kappa shape index (κ2) is 23.0. The van der Waals surface area contributed by atoms with Crippen LogP contribution in [0.15, 0.2) is 96.6 Å². The van der Waals surface area contributed by atoms with Crippen LogP contribution in [-0.2, 0) is 63.5 Å². The third-order valence-electron chi connectivity index (χ3n) is 12.5. The van der Waals surface area contributed by atoms with Crippen LogP contribution in [-0.4, -0.2) is 97.8 Å². The maximum atomic E-state index is 14.8. The Labute approximate surface area is 393 Å². The van der Waals surface area contributed by atoms with Gasteiger partial charge in [0.2, 0.25) is 0 Å². The zero-order valence-electron chi connectivity index (χ0n) is 39.6. The van der Waals surface area contributed by atoms with Crippen LogP contribution < -0.4 is 0 Å². The van der Waals surface area contributed by atoms with E-state index in [0.717, 1.165) is 38.3 Å². The molecule has 0 bridgehead atoms. The van der Waals surface area contributed by atoms with E-state index in [1.807, 2.05) is 13.0 Å². The maximum Gasteiger partial charge on any atom is 0.432 e. The van der Waals surface area contributed by atoms with Crippen LogP contribution in [0.3, 0.4) is 0 Å². The van der Waals surface area contributed by atoms with Crippen molar-refractivity contribution in [1.82, 2.24) is 0 Å². The molecule has 0 radical (unpaired) electrons. The molecule has 0 aromatic heterocycles. The van der Waals surface area contributed by atoms with Crippen molar-refractivity contribution in [2.75, 3.05) is 14.2 Å². The SMILES string of the molecule is CC[C@H](OC(=O)C(OC)(c1ccccc1)C(F)(F)F)[C@@H](C)[C@H]1OC1C[C@H](C)/C=C/C=C(\C)[C@H]1OC(=O)C[C@H](OC(=O)C(OC)(c2ccccc2)C(F)(F)F)CC[C@@](C)(O)[C@@H](OC(C)=O)/C=C/[C@@H]1C. The van der Waals surface area contributed by atoms with Gasteiger partial charge in [0, 0.05) is 44.1 Å². The zero-order chi connectivity index (χ0) is 50.8. The summed E-state index contributed by atoms with van der Waals surface area (Å²) in [7, 11) is 1.51. The number of cyclic esters (lactones) is 1. The molecule has 2 aromatic rings. The van der Waals surface area contributed by atoms with Crippen molar-refractivity contribution >= 4 is 23.9 Å². The summed E-state index contributed by atoms with van der Waals surface area (Å²) < 4.78 is 126. The van der Waals surface area contributed by atoms with Gasteiger partial charge in [-0.2, -0.15) is 26.3 Å². The van der Waals surface area contributed by atoms with Crippen molar-refractivity contribution in [1.29, 1.82) is 0 Å². The van der Waals surface area contributed by atoms with E-state index in [1.54, 1.807) is 45.9 Å². The lowest BCUT2D eigenvalue weighted by molar-refractivity contribution is -0.279. The number of halogens is 6. The minimum absolute atomic E-state index is 0.113. The number of alkyl halides is 6. The summed E-state index contributed by atoms with van der Waals surface area (Å²) in [5, 5.41) is 11.5. The van der Waals surface area contributed by atoms with E-state index in [1.165, 1.54) is 49.4 Å². The van der Waals surface area contributed by atoms with Crippen LogP contribution in [0.1, 0.15) is 91.7 Å². The zero-order valence-corrected chi connectivity index (χ0v) is 39.6. The Bertz CT molecular complexity index is 2110. The second-order valence-corrected chi connectivity index (χ2v) is 17.7. The summed E-state index contributed by atoms with van der Waals surface area (Å²) >= 11 is 0. The van der Waals surface area contributed by atoms with Crippen LogP contribution >= 0.6 is 0 Å². The number of ether oxygens (including phenoxy) is 7. The summed E-state index contributed by atoms with van der Waals surface area (Å²) in [4.78, 5) is 52.8. The van der Waals surface area contributed by atoms with E-state index in [2.05, 4.69) is 0 Å². The average Bonchev–Trinajstić information content (AvgIpc) is 4.03. The molecule has 12 nitrogen and oxygen atoms in total. The van der Waals surface area contributed by atoms with Crippen LogP contribution in [0.2, 0.25) is 0 Å². The second-order valence-electron chi connectivity index (χ2n) is 17.7. The molecule has 0 spiro atoms. The van der Waals surface area contributed by atoms with Crippen LogP contribution in [0.25, 0.3) is 0 Å². The fraction of sp³-hybridized carbons (Fsp3) is 0.560. The molecule has 2 aromatic carbocycles. The number of aliphatic hydroxyl groups is 1. The van der Waals surface area contributed by atoms with E-state index in [0.29, 0.717) is 19.1 Å². The first kappa shape index (κ1) is 55.6. The van der Waals surface area contributed by atoms with Crippen molar-refractivity contribution in [3.05, 3.63) is 108 Å². The lowest BCUT2D eigenvalue weighted by Crippen LogP contribution is -2.53. The summed E-state index contributed by atoms with van der Waals surface area (Å²) in [5.41, 5.74) is -9.20. The molecule has 1 fully saturated rings. The molecule has 0 amide bonds. The molecule has 4 rings (SSSR count). The van der Waals surface area contributed by atoms with E-state index >= 15 is 0 Å². The molecule has 18 heteroatoms. The molecule has 12 atom stereocenters. The molecule has 0 aliphatic carbocycles. The number of methoxy groups -OCH3 is 2. The highest BCUT2D eigenvalue weighted by Gasteiger charge is 2.66. The molecule has 2 aliphatic heterocycles. The third-order valence-corrected chi connectivity index (χ3v) is 12.5. The van der Waals surface area contributed by atoms with Gasteiger partial charge in [-0.1, -0.05) is 113 Å². The monoisotopic (exact) mass is 968 g/mol. The molecule has 0 saturated carbocycles. The summed E-state index contributed by atoms with van der Waals surface area (Å²) in [6.07, 6.45) is -8.24. The number of allylic oxidation sites excluding steroid dienone is 3. The van der Waals surface area contributed by atoms with E-state index in [4.69, 9.17) is 33.2 Å². The molecule has 2 heterocycles. The van der Waals surface area contributed by atoms with Gasteiger partial charge in [-0.25, -0.2) is 9.59 Å². The number of carbonyl (C=O) groups excluding carboxylic acids is 4. The Morgan fingerprint density at radius 1 is 0.868 bits per heavy atom. The highest BCUT2D eigenvalue weighted by Crippen LogP contribution is 2.46. The Kier molecular flexibility index (Phi) is 18.8. The number of hydrogen-bond donors (Lipinski definition) is 1. The van der Waals surface area contributed by atoms with Gasteiger partial charge in [-0.3, -0.25) is 9.59 Å². The lowest BCUT2D eigenvalue weighted by Gasteiger charge is -2.35. The molecule has 3 unspecified atom stereocenters. The summed E-state index contributed by atoms with van der Waals surface area (Å²) in [5.74, 6) is -6.29. The largest absolute Gasteiger partial charge is 0.459 e. The highest BCUT2D eigenvalue weighted by atomic mass is 19.4. The Hall–Kier alpha value is -5.04. The highest BCUT2D eigenvalue weighted by molar-refractivity contribution is 5.84. The van der Waals surface area contributed by atoms with Gasteiger partial charge in [-0.15, -0.1) is 0 Å². The predicted octanol–water partition coefficient (Wildman–Crippen LogP) is 9.33. The lowest BCUT2D eigenvalue weighted by atomic mass is 9.88. The number of rotatable bonds is 17. The van der Waals surface area contributed by atoms with E-state index in [-0.39, 0.29) is 31.3 Å². The predicted molar refractivity (Wildman–Crippen MR) is 235 cm³/mol. The molecule has 68 heavy (non-hydrogen) atoms. The fourth-order valence-electron chi connectivity index (χ4n) is 8.47. The Morgan fingerprint density at radius 3 is 1.91 bits per heavy atom. The van der Waals surface area contributed by atoms with Gasteiger partial charge in [0.15, 0.2) is 0 Å². The number of epoxide rings is 1.